The molecular weight excluding hydrogens is 296 g/mol. The monoisotopic (exact) mass is 314 g/mol. The molecule has 1 atom stereocenters. The number of para-hydroxylation sites is 2. The lowest BCUT2D eigenvalue weighted by molar-refractivity contribution is -0.117. The highest BCUT2D eigenvalue weighted by Gasteiger charge is 2.38. The number of hydrogen-bond donors (Lipinski definition) is 1. The average Bonchev–Trinajstić information content (AvgIpc) is 2.82. The van der Waals surface area contributed by atoms with Gasteiger partial charge in [-0.3, -0.25) is 4.79 Å². The third-order valence-electron chi connectivity index (χ3n) is 3.26. The van der Waals surface area contributed by atoms with E-state index in [1.165, 1.54) is 4.90 Å². The number of nitrogens with zero attached hydrogens (tertiary/aromatic N) is 1. The maximum Gasteiger partial charge on any atom is 0.228 e. The van der Waals surface area contributed by atoms with Crippen LogP contribution in [0.1, 0.15) is 6.42 Å². The molecule has 0 spiro atoms. The van der Waals surface area contributed by atoms with Crippen LogP contribution in [-0.4, -0.2) is 46.4 Å². The predicted octanol–water partition coefficient (Wildman–Crippen LogP) is 0.106. The number of nitrogens with two attached hydrogens (primary N) is 1. The molecule has 2 N–H and O–H groups in total. The molecule has 1 heterocycles. The molecule has 1 fully saturated rings. The van der Waals surface area contributed by atoms with E-state index in [9.17, 15) is 13.2 Å². The van der Waals surface area contributed by atoms with Gasteiger partial charge in [-0.1, -0.05) is 12.1 Å². The fourth-order valence-corrected chi connectivity index (χ4v) is 2.90. The highest BCUT2D eigenvalue weighted by Crippen LogP contribution is 2.32. The van der Waals surface area contributed by atoms with Crippen LogP contribution in [0.2, 0.25) is 0 Å². The van der Waals surface area contributed by atoms with Gasteiger partial charge in [-0.2, -0.15) is 0 Å². The third-order valence-corrected chi connectivity index (χ3v) is 4.50. The van der Waals surface area contributed by atoms with E-state index < -0.39 is 15.3 Å². The van der Waals surface area contributed by atoms with Gasteiger partial charge in [0.1, 0.15) is 17.6 Å². The van der Waals surface area contributed by atoms with E-state index in [2.05, 4.69) is 0 Å². The molecule has 8 heteroatoms. The van der Waals surface area contributed by atoms with Gasteiger partial charge in [-0.15, -0.1) is 0 Å². The smallest absolute Gasteiger partial charge is 0.228 e. The minimum Gasteiger partial charge on any atom is -0.489 e. The second kappa shape index (κ2) is 6.42. The summed E-state index contributed by atoms with van der Waals surface area (Å²) in [6.45, 7) is 0.804. The number of rotatable bonds is 6. The first-order chi connectivity index (χ1) is 9.93. The molecule has 2 rings (SSSR count). The summed E-state index contributed by atoms with van der Waals surface area (Å²) in [6, 6.07) is 6.98. The molecule has 0 aliphatic carbocycles. The Morgan fingerprint density at radius 2 is 2.05 bits per heavy atom. The lowest BCUT2D eigenvalue weighted by Gasteiger charge is -2.20. The molecule has 7 nitrogen and oxygen atoms in total. The number of amides is 1. The summed E-state index contributed by atoms with van der Waals surface area (Å²) in [7, 11) is -2.17. The molecule has 0 bridgehead atoms. The van der Waals surface area contributed by atoms with Crippen LogP contribution in [0.15, 0.2) is 24.3 Å². The summed E-state index contributed by atoms with van der Waals surface area (Å²) in [4.78, 5) is 13.4. The first-order valence-electron chi connectivity index (χ1n) is 6.46. The number of methoxy groups -OCH3 is 1. The zero-order chi connectivity index (χ0) is 15.5. The average molecular weight is 314 g/mol. The molecule has 1 unspecified atom stereocenters. The molecule has 1 amide bonds. The van der Waals surface area contributed by atoms with Gasteiger partial charge >= 0.3 is 0 Å². The van der Waals surface area contributed by atoms with Crippen molar-refractivity contribution >= 4 is 21.6 Å². The van der Waals surface area contributed by atoms with Gasteiger partial charge in [0, 0.05) is 20.1 Å². The first-order valence-corrected chi connectivity index (χ1v) is 8.07. The number of ether oxygens (including phenoxy) is 2. The van der Waals surface area contributed by atoms with Crippen LogP contribution >= 0.6 is 0 Å². The number of anilines is 1. The number of sulfonamides is 1. The SMILES string of the molecule is COCCOc1ccccc1N1CC(S(N)(=O)=O)CC1=O. The highest BCUT2D eigenvalue weighted by atomic mass is 32.2. The summed E-state index contributed by atoms with van der Waals surface area (Å²) < 4.78 is 33.3. The maximum atomic E-state index is 12.0. The van der Waals surface area contributed by atoms with Crippen LogP contribution in [-0.2, 0) is 19.6 Å². The summed E-state index contributed by atoms with van der Waals surface area (Å²) in [5, 5.41) is 4.25. The van der Waals surface area contributed by atoms with Crippen LogP contribution < -0.4 is 14.8 Å². The van der Waals surface area contributed by atoms with Crippen LogP contribution in [0.4, 0.5) is 5.69 Å². The molecule has 0 radical (unpaired) electrons. The van der Waals surface area contributed by atoms with Gasteiger partial charge in [0.05, 0.1) is 12.3 Å². The van der Waals surface area contributed by atoms with Gasteiger partial charge in [0.25, 0.3) is 0 Å². The standard InChI is InChI=1S/C13H18N2O5S/c1-19-6-7-20-12-5-3-2-4-11(12)15-9-10(8-13(15)16)21(14,17)18/h2-5,10H,6-9H2,1H3,(H2,14,17,18). The number of benzene rings is 1. The number of primary sulfonamides is 1. The van der Waals surface area contributed by atoms with Gasteiger partial charge in [0.15, 0.2) is 0 Å². The Kier molecular flexibility index (Phi) is 4.81. The van der Waals surface area contributed by atoms with Crippen LogP contribution in [0, 0.1) is 0 Å². The Hall–Kier alpha value is -1.64. The van der Waals surface area contributed by atoms with Crippen molar-refractivity contribution in [1.82, 2.24) is 0 Å². The van der Waals surface area contributed by atoms with Crippen molar-refractivity contribution in [1.29, 1.82) is 0 Å². The fourth-order valence-electron chi connectivity index (χ4n) is 2.16. The van der Waals surface area contributed by atoms with Crippen LogP contribution in [0.25, 0.3) is 0 Å². The second-order valence-corrected chi connectivity index (χ2v) is 6.57. The molecule has 0 saturated carbocycles. The Morgan fingerprint density at radius 3 is 2.67 bits per heavy atom. The minimum absolute atomic E-state index is 0.0440. The largest absolute Gasteiger partial charge is 0.489 e. The number of carbonyl (C=O) groups is 1. The van der Waals surface area contributed by atoms with Gasteiger partial charge in [-0.25, -0.2) is 13.6 Å². The van der Waals surface area contributed by atoms with Crippen LogP contribution in [0.5, 0.6) is 5.75 Å². The van der Waals surface area contributed by atoms with Crippen molar-refractivity contribution in [3.8, 4) is 5.75 Å². The second-order valence-electron chi connectivity index (χ2n) is 4.73. The summed E-state index contributed by atoms with van der Waals surface area (Å²) >= 11 is 0. The summed E-state index contributed by atoms with van der Waals surface area (Å²) in [6.07, 6.45) is -0.106. The molecule has 1 aliphatic rings. The van der Waals surface area contributed by atoms with E-state index in [0.717, 1.165) is 0 Å². The molecule has 1 aliphatic heterocycles. The third kappa shape index (κ3) is 3.72. The number of carbonyl (C=O) groups excluding carboxylic acids is 1. The zero-order valence-electron chi connectivity index (χ0n) is 11.7. The van der Waals surface area contributed by atoms with Gasteiger partial charge in [0.2, 0.25) is 15.9 Å². The van der Waals surface area contributed by atoms with E-state index >= 15 is 0 Å². The molecule has 1 aromatic rings. The maximum absolute atomic E-state index is 12.0. The van der Waals surface area contributed by atoms with E-state index in [4.69, 9.17) is 14.6 Å². The normalized spacial score (nSPS) is 19.0. The zero-order valence-corrected chi connectivity index (χ0v) is 12.5. The van der Waals surface area contributed by atoms with E-state index in [-0.39, 0.29) is 18.9 Å². The molecular formula is C13H18N2O5S. The van der Waals surface area contributed by atoms with Crippen molar-refractivity contribution in [2.75, 3.05) is 31.8 Å². The topological polar surface area (TPSA) is 98.9 Å². The predicted molar refractivity (Wildman–Crippen MR) is 77.7 cm³/mol. The Morgan fingerprint density at radius 1 is 1.33 bits per heavy atom. The van der Waals surface area contributed by atoms with Crippen molar-refractivity contribution in [3.05, 3.63) is 24.3 Å². The Labute approximate surface area is 123 Å². The molecule has 0 aromatic heterocycles. The van der Waals surface area contributed by atoms with Crippen molar-refractivity contribution in [3.63, 3.8) is 0 Å². The quantitative estimate of drug-likeness (QED) is 0.751. The first kappa shape index (κ1) is 15.7. The van der Waals surface area contributed by atoms with Crippen LogP contribution in [0.3, 0.4) is 0 Å². The minimum atomic E-state index is -3.73. The van der Waals surface area contributed by atoms with E-state index in [0.29, 0.717) is 24.7 Å². The highest BCUT2D eigenvalue weighted by molar-refractivity contribution is 7.89. The van der Waals surface area contributed by atoms with E-state index in [1.54, 1.807) is 31.4 Å². The molecule has 21 heavy (non-hydrogen) atoms. The molecule has 1 aromatic carbocycles. The lowest BCUT2D eigenvalue weighted by Crippen LogP contribution is -2.32. The summed E-state index contributed by atoms with van der Waals surface area (Å²) in [5.41, 5.74) is 0.546. The Bertz CT molecular complexity index is 617. The Balaban J connectivity index is 2.20. The lowest BCUT2D eigenvalue weighted by atomic mass is 10.2. The van der Waals surface area contributed by atoms with Crippen molar-refractivity contribution < 1.29 is 22.7 Å². The van der Waals surface area contributed by atoms with Gasteiger partial charge < -0.3 is 14.4 Å². The van der Waals surface area contributed by atoms with E-state index in [1.807, 2.05) is 0 Å². The van der Waals surface area contributed by atoms with Crippen molar-refractivity contribution in [2.45, 2.75) is 11.7 Å². The number of hydrogen-bond acceptors (Lipinski definition) is 5. The van der Waals surface area contributed by atoms with Gasteiger partial charge in [-0.05, 0) is 12.1 Å². The molecule has 1 saturated heterocycles. The fraction of sp³-hybridized carbons (Fsp3) is 0.462. The molecule has 116 valence electrons. The van der Waals surface area contributed by atoms with Crippen molar-refractivity contribution in [2.24, 2.45) is 5.14 Å². The summed E-state index contributed by atoms with van der Waals surface area (Å²) in [5.74, 6) is 0.231.